The van der Waals surface area contributed by atoms with E-state index in [0.29, 0.717) is 0 Å². The summed E-state index contributed by atoms with van der Waals surface area (Å²) in [6.07, 6.45) is 1.76. The zero-order valence-electron chi connectivity index (χ0n) is 11.1. The molecule has 1 unspecified atom stereocenters. The van der Waals surface area contributed by atoms with Gasteiger partial charge in [0.1, 0.15) is 6.10 Å². The van der Waals surface area contributed by atoms with Crippen molar-refractivity contribution in [2.45, 2.75) is 25.5 Å². The molecule has 1 atom stereocenters. The Balaban J connectivity index is 1.47. The zero-order chi connectivity index (χ0) is 13.1. The highest BCUT2D eigenvalue weighted by Gasteiger charge is 2.30. The van der Waals surface area contributed by atoms with Crippen LogP contribution in [0.5, 0.6) is 0 Å². The van der Waals surface area contributed by atoms with Crippen molar-refractivity contribution >= 4 is 17.2 Å². The standard InChI is InChI=1S/C14H20N2O2S/c17-14(13-4-1-9-18-13)16-7-5-15(6-8-16)11-12-3-2-10-19-12/h2-3,10,13H,1,4-9,11H2. The molecule has 104 valence electrons. The second-order valence-electron chi connectivity index (χ2n) is 5.18. The second-order valence-corrected chi connectivity index (χ2v) is 6.21. The minimum absolute atomic E-state index is 0.163. The van der Waals surface area contributed by atoms with E-state index < -0.39 is 0 Å². The largest absolute Gasteiger partial charge is 0.368 e. The molecule has 0 aliphatic carbocycles. The van der Waals surface area contributed by atoms with E-state index in [9.17, 15) is 4.79 Å². The van der Waals surface area contributed by atoms with Crippen LogP contribution in [-0.2, 0) is 16.1 Å². The van der Waals surface area contributed by atoms with Crippen molar-refractivity contribution < 1.29 is 9.53 Å². The molecule has 19 heavy (non-hydrogen) atoms. The number of hydrogen-bond donors (Lipinski definition) is 0. The molecule has 1 aromatic heterocycles. The summed E-state index contributed by atoms with van der Waals surface area (Å²) in [5.74, 6) is 0.202. The number of rotatable bonds is 3. The topological polar surface area (TPSA) is 32.8 Å². The first-order chi connectivity index (χ1) is 9.33. The van der Waals surface area contributed by atoms with Gasteiger partial charge in [0, 0.05) is 44.2 Å². The summed E-state index contributed by atoms with van der Waals surface area (Å²) in [6.45, 7) is 5.37. The van der Waals surface area contributed by atoms with Crippen LogP contribution in [0.25, 0.3) is 0 Å². The molecule has 3 rings (SSSR count). The summed E-state index contributed by atoms with van der Waals surface area (Å²) in [6, 6.07) is 4.27. The van der Waals surface area contributed by atoms with Gasteiger partial charge in [0.25, 0.3) is 5.91 Å². The Labute approximate surface area is 118 Å². The van der Waals surface area contributed by atoms with Crippen molar-refractivity contribution in [2.75, 3.05) is 32.8 Å². The third-order valence-electron chi connectivity index (χ3n) is 3.85. The molecule has 1 aromatic rings. The summed E-state index contributed by atoms with van der Waals surface area (Å²) < 4.78 is 5.48. The van der Waals surface area contributed by atoms with Crippen molar-refractivity contribution in [1.29, 1.82) is 0 Å². The van der Waals surface area contributed by atoms with Crippen molar-refractivity contribution in [3.63, 3.8) is 0 Å². The molecule has 2 saturated heterocycles. The second kappa shape index (κ2) is 6.03. The number of thiophene rings is 1. The summed E-state index contributed by atoms with van der Waals surface area (Å²) in [5.41, 5.74) is 0. The quantitative estimate of drug-likeness (QED) is 0.842. The number of carbonyl (C=O) groups excluding carboxylic acids is 1. The molecule has 2 aliphatic heterocycles. The van der Waals surface area contributed by atoms with Crippen LogP contribution < -0.4 is 0 Å². The number of carbonyl (C=O) groups is 1. The zero-order valence-corrected chi connectivity index (χ0v) is 11.9. The van der Waals surface area contributed by atoms with E-state index in [0.717, 1.165) is 52.2 Å². The summed E-state index contributed by atoms with van der Waals surface area (Å²) in [5, 5.41) is 2.12. The summed E-state index contributed by atoms with van der Waals surface area (Å²) in [7, 11) is 0. The first-order valence-electron chi connectivity index (χ1n) is 6.98. The summed E-state index contributed by atoms with van der Waals surface area (Å²) >= 11 is 1.80. The minimum Gasteiger partial charge on any atom is -0.368 e. The van der Waals surface area contributed by atoms with Crippen LogP contribution >= 0.6 is 11.3 Å². The Morgan fingerprint density at radius 2 is 2.21 bits per heavy atom. The lowest BCUT2D eigenvalue weighted by Crippen LogP contribution is -2.50. The fraction of sp³-hybridized carbons (Fsp3) is 0.643. The van der Waals surface area contributed by atoms with Gasteiger partial charge in [-0.1, -0.05) is 6.07 Å². The molecule has 1 amide bonds. The maximum atomic E-state index is 12.2. The third-order valence-corrected chi connectivity index (χ3v) is 4.71. The van der Waals surface area contributed by atoms with E-state index in [4.69, 9.17) is 4.74 Å². The monoisotopic (exact) mass is 280 g/mol. The lowest BCUT2D eigenvalue weighted by atomic mass is 10.2. The van der Waals surface area contributed by atoms with Crippen LogP contribution in [0.2, 0.25) is 0 Å². The van der Waals surface area contributed by atoms with Crippen LogP contribution in [0.3, 0.4) is 0 Å². The molecule has 0 N–H and O–H groups in total. The van der Waals surface area contributed by atoms with Crippen LogP contribution in [0.4, 0.5) is 0 Å². The summed E-state index contributed by atoms with van der Waals surface area (Å²) in [4.78, 5) is 18.0. The highest BCUT2D eigenvalue weighted by molar-refractivity contribution is 7.09. The normalized spacial score (nSPS) is 24.8. The van der Waals surface area contributed by atoms with Crippen LogP contribution in [0.15, 0.2) is 17.5 Å². The van der Waals surface area contributed by atoms with E-state index >= 15 is 0 Å². The highest BCUT2D eigenvalue weighted by atomic mass is 32.1. The number of nitrogens with zero attached hydrogens (tertiary/aromatic N) is 2. The van der Waals surface area contributed by atoms with Gasteiger partial charge < -0.3 is 9.64 Å². The molecule has 0 spiro atoms. The number of piperazine rings is 1. The van der Waals surface area contributed by atoms with Gasteiger partial charge in [0.05, 0.1) is 0 Å². The SMILES string of the molecule is O=C(C1CCCO1)N1CCN(Cc2cccs2)CC1. The van der Waals surface area contributed by atoms with Crippen molar-refractivity contribution in [3.8, 4) is 0 Å². The van der Waals surface area contributed by atoms with Gasteiger partial charge in [0.15, 0.2) is 0 Å². The van der Waals surface area contributed by atoms with E-state index in [1.807, 2.05) is 4.90 Å². The lowest BCUT2D eigenvalue weighted by Gasteiger charge is -2.35. The van der Waals surface area contributed by atoms with Crippen LogP contribution in [-0.4, -0.2) is 54.6 Å². The van der Waals surface area contributed by atoms with Gasteiger partial charge in [0.2, 0.25) is 0 Å². The van der Waals surface area contributed by atoms with Gasteiger partial charge >= 0.3 is 0 Å². The molecule has 2 aliphatic rings. The van der Waals surface area contributed by atoms with Crippen molar-refractivity contribution in [2.24, 2.45) is 0 Å². The minimum atomic E-state index is -0.163. The molecule has 0 bridgehead atoms. The molecule has 0 aromatic carbocycles. The maximum Gasteiger partial charge on any atom is 0.251 e. The molecule has 0 saturated carbocycles. The van der Waals surface area contributed by atoms with Gasteiger partial charge in [-0.05, 0) is 24.3 Å². The molecule has 4 nitrogen and oxygen atoms in total. The van der Waals surface area contributed by atoms with E-state index in [-0.39, 0.29) is 12.0 Å². The first-order valence-corrected chi connectivity index (χ1v) is 7.86. The fourth-order valence-electron chi connectivity index (χ4n) is 2.73. The van der Waals surface area contributed by atoms with Crippen molar-refractivity contribution in [1.82, 2.24) is 9.80 Å². The first kappa shape index (κ1) is 13.1. The predicted octanol–water partition coefficient (Wildman–Crippen LogP) is 1.57. The lowest BCUT2D eigenvalue weighted by molar-refractivity contribution is -0.142. The fourth-order valence-corrected chi connectivity index (χ4v) is 3.47. The Bertz CT molecular complexity index is 407. The third kappa shape index (κ3) is 3.16. The molecule has 5 heteroatoms. The Morgan fingerprint density at radius 3 is 2.84 bits per heavy atom. The Hall–Kier alpha value is -0.910. The van der Waals surface area contributed by atoms with Gasteiger partial charge in [-0.3, -0.25) is 9.69 Å². The van der Waals surface area contributed by atoms with Crippen molar-refractivity contribution in [3.05, 3.63) is 22.4 Å². The van der Waals surface area contributed by atoms with Gasteiger partial charge in [-0.25, -0.2) is 0 Å². The number of ether oxygens (including phenoxy) is 1. The van der Waals surface area contributed by atoms with E-state index in [2.05, 4.69) is 22.4 Å². The van der Waals surface area contributed by atoms with E-state index in [1.54, 1.807) is 11.3 Å². The van der Waals surface area contributed by atoms with Crippen LogP contribution in [0.1, 0.15) is 17.7 Å². The average molecular weight is 280 g/mol. The number of amides is 1. The highest BCUT2D eigenvalue weighted by Crippen LogP contribution is 2.17. The number of hydrogen-bond acceptors (Lipinski definition) is 4. The predicted molar refractivity (Wildman–Crippen MR) is 75.2 cm³/mol. The van der Waals surface area contributed by atoms with E-state index in [1.165, 1.54) is 4.88 Å². The average Bonchev–Trinajstić information content (AvgIpc) is 3.12. The van der Waals surface area contributed by atoms with Gasteiger partial charge in [-0.2, -0.15) is 0 Å². The Kier molecular flexibility index (Phi) is 4.15. The molecular weight excluding hydrogens is 260 g/mol. The van der Waals surface area contributed by atoms with Gasteiger partial charge in [-0.15, -0.1) is 11.3 Å². The molecular formula is C14H20N2O2S. The maximum absolute atomic E-state index is 12.2. The molecule has 2 fully saturated rings. The smallest absolute Gasteiger partial charge is 0.251 e. The molecule has 3 heterocycles. The van der Waals surface area contributed by atoms with Crippen LogP contribution in [0, 0.1) is 0 Å². The Morgan fingerprint density at radius 1 is 1.37 bits per heavy atom. The molecule has 0 radical (unpaired) electrons.